The molecule has 4 unspecified atom stereocenters. The van der Waals surface area contributed by atoms with Crippen molar-refractivity contribution in [1.82, 2.24) is 0 Å². The Morgan fingerprint density at radius 1 is 0.600 bits per heavy atom. The third-order valence-corrected chi connectivity index (χ3v) is 5.43. The fourth-order valence-electron chi connectivity index (χ4n) is 4.14. The minimum atomic E-state index is 0.353. The molecule has 4 atom stereocenters. The molecule has 0 spiro atoms. The fourth-order valence-corrected chi connectivity index (χ4v) is 4.14. The topological polar surface area (TPSA) is 52.0 Å². The molecular weight excluding hydrogens is 244 g/mol. The number of rotatable bonds is 2. The van der Waals surface area contributed by atoms with E-state index in [0.29, 0.717) is 23.9 Å². The summed E-state index contributed by atoms with van der Waals surface area (Å²) in [5.41, 5.74) is 15.5. The second-order valence-electron chi connectivity index (χ2n) is 6.78. The number of benzene rings is 1. The molecule has 0 saturated heterocycles. The maximum absolute atomic E-state index is 6.29. The van der Waals surface area contributed by atoms with Gasteiger partial charge >= 0.3 is 0 Å². The number of hydrogen-bond donors (Lipinski definition) is 2. The van der Waals surface area contributed by atoms with E-state index in [0.717, 1.165) is 0 Å². The van der Waals surface area contributed by atoms with Gasteiger partial charge < -0.3 is 11.5 Å². The zero-order valence-corrected chi connectivity index (χ0v) is 12.4. The van der Waals surface area contributed by atoms with E-state index in [-0.39, 0.29) is 0 Å². The van der Waals surface area contributed by atoms with E-state index in [9.17, 15) is 0 Å². The molecule has 1 aromatic carbocycles. The van der Waals surface area contributed by atoms with Gasteiger partial charge in [0.2, 0.25) is 0 Å². The normalized spacial score (nSPS) is 34.9. The largest absolute Gasteiger partial charge is 0.327 e. The van der Waals surface area contributed by atoms with Gasteiger partial charge in [0.25, 0.3) is 0 Å². The van der Waals surface area contributed by atoms with E-state index in [1.54, 1.807) is 0 Å². The van der Waals surface area contributed by atoms with E-state index in [4.69, 9.17) is 11.5 Å². The molecule has 2 nitrogen and oxygen atoms in total. The summed E-state index contributed by atoms with van der Waals surface area (Å²) in [6.45, 7) is 0. The maximum Gasteiger partial charge on any atom is 0.0108 e. The maximum atomic E-state index is 6.29. The molecule has 0 heterocycles. The van der Waals surface area contributed by atoms with Gasteiger partial charge in [-0.2, -0.15) is 0 Å². The molecule has 0 aliphatic heterocycles. The van der Waals surface area contributed by atoms with Crippen LogP contribution in [0, 0.1) is 0 Å². The van der Waals surface area contributed by atoms with Gasteiger partial charge in [0.15, 0.2) is 0 Å². The molecule has 0 bridgehead atoms. The quantitative estimate of drug-likeness (QED) is 0.863. The number of hydrogen-bond acceptors (Lipinski definition) is 2. The van der Waals surface area contributed by atoms with Crippen LogP contribution in [-0.4, -0.2) is 12.1 Å². The Kier molecular flexibility index (Phi) is 4.42. The summed E-state index contributed by atoms with van der Waals surface area (Å²) in [6.07, 6.45) is 10.1. The predicted octanol–water partition coefficient (Wildman–Crippen LogP) is 3.66. The van der Waals surface area contributed by atoms with Crippen molar-refractivity contribution in [2.45, 2.75) is 75.3 Å². The Morgan fingerprint density at radius 3 is 1.30 bits per heavy atom. The predicted molar refractivity (Wildman–Crippen MR) is 84.8 cm³/mol. The zero-order chi connectivity index (χ0) is 13.9. The van der Waals surface area contributed by atoms with E-state index < -0.39 is 0 Å². The first-order valence-corrected chi connectivity index (χ1v) is 8.37. The molecule has 0 amide bonds. The Bertz CT molecular complexity index is 385. The monoisotopic (exact) mass is 272 g/mol. The average Bonchev–Trinajstić information content (AvgIpc) is 2.49. The molecule has 2 heteroatoms. The molecule has 3 rings (SSSR count). The van der Waals surface area contributed by atoms with Crippen LogP contribution in [0.3, 0.4) is 0 Å². The summed E-state index contributed by atoms with van der Waals surface area (Å²) in [7, 11) is 0. The highest BCUT2D eigenvalue weighted by Crippen LogP contribution is 2.35. The molecule has 110 valence electrons. The second-order valence-corrected chi connectivity index (χ2v) is 6.78. The number of nitrogens with two attached hydrogens (primary N) is 2. The molecule has 2 fully saturated rings. The molecule has 0 radical (unpaired) electrons. The Balaban J connectivity index is 1.73. The van der Waals surface area contributed by atoms with Crippen LogP contribution in [0.15, 0.2) is 24.3 Å². The third-order valence-electron chi connectivity index (χ3n) is 5.43. The summed E-state index contributed by atoms with van der Waals surface area (Å²) in [5, 5.41) is 0. The van der Waals surface area contributed by atoms with E-state index >= 15 is 0 Å². The van der Waals surface area contributed by atoms with Crippen LogP contribution in [-0.2, 0) is 0 Å². The van der Waals surface area contributed by atoms with Crippen molar-refractivity contribution in [2.24, 2.45) is 11.5 Å². The van der Waals surface area contributed by atoms with Crippen LogP contribution in [0.1, 0.15) is 74.3 Å². The highest BCUT2D eigenvalue weighted by Gasteiger charge is 2.25. The fraction of sp³-hybridized carbons (Fsp3) is 0.667. The lowest BCUT2D eigenvalue weighted by Crippen LogP contribution is -2.32. The van der Waals surface area contributed by atoms with Crippen molar-refractivity contribution in [2.75, 3.05) is 0 Å². The highest BCUT2D eigenvalue weighted by molar-refractivity contribution is 5.30. The first-order valence-electron chi connectivity index (χ1n) is 8.37. The van der Waals surface area contributed by atoms with Gasteiger partial charge in [-0.15, -0.1) is 0 Å². The van der Waals surface area contributed by atoms with Gasteiger partial charge in [-0.3, -0.25) is 0 Å². The van der Waals surface area contributed by atoms with Crippen molar-refractivity contribution in [1.29, 1.82) is 0 Å². The minimum Gasteiger partial charge on any atom is -0.327 e. The van der Waals surface area contributed by atoms with Gasteiger partial charge in [-0.25, -0.2) is 0 Å². The third kappa shape index (κ3) is 2.91. The van der Waals surface area contributed by atoms with Crippen LogP contribution in [0.25, 0.3) is 0 Å². The molecule has 0 aromatic heterocycles. The Hall–Kier alpha value is -0.860. The van der Waals surface area contributed by atoms with E-state index in [2.05, 4.69) is 24.3 Å². The smallest absolute Gasteiger partial charge is 0.0108 e. The Labute approximate surface area is 122 Å². The molecule has 2 saturated carbocycles. The Morgan fingerprint density at radius 2 is 0.950 bits per heavy atom. The highest BCUT2D eigenvalue weighted by atomic mass is 14.7. The lowest BCUT2D eigenvalue weighted by molar-refractivity contribution is 0.381. The van der Waals surface area contributed by atoms with Crippen LogP contribution >= 0.6 is 0 Å². The molecular formula is C18H28N2. The summed E-state index contributed by atoms with van der Waals surface area (Å²) < 4.78 is 0. The van der Waals surface area contributed by atoms with Crippen molar-refractivity contribution < 1.29 is 0 Å². The van der Waals surface area contributed by atoms with Gasteiger partial charge in [-0.1, -0.05) is 49.9 Å². The van der Waals surface area contributed by atoms with Gasteiger partial charge in [-0.05, 0) is 48.6 Å². The van der Waals surface area contributed by atoms with Crippen molar-refractivity contribution in [3.8, 4) is 0 Å². The molecule has 1 aromatic rings. The van der Waals surface area contributed by atoms with Crippen LogP contribution < -0.4 is 11.5 Å². The van der Waals surface area contributed by atoms with Crippen LogP contribution in [0.4, 0.5) is 0 Å². The van der Waals surface area contributed by atoms with E-state index in [1.807, 2.05) is 0 Å². The first kappa shape index (κ1) is 14.1. The lowest BCUT2D eigenvalue weighted by Gasteiger charge is -2.31. The second kappa shape index (κ2) is 6.28. The van der Waals surface area contributed by atoms with Crippen molar-refractivity contribution in [3.05, 3.63) is 35.4 Å². The van der Waals surface area contributed by atoms with Crippen molar-refractivity contribution >= 4 is 0 Å². The van der Waals surface area contributed by atoms with Crippen LogP contribution in [0.2, 0.25) is 0 Å². The average molecular weight is 272 g/mol. The van der Waals surface area contributed by atoms with Gasteiger partial charge in [0.05, 0.1) is 0 Å². The van der Waals surface area contributed by atoms with Crippen molar-refractivity contribution in [3.63, 3.8) is 0 Å². The lowest BCUT2D eigenvalue weighted by atomic mass is 9.78. The summed E-state index contributed by atoms with van der Waals surface area (Å²) in [6, 6.07) is 9.95. The first-order chi connectivity index (χ1) is 9.75. The summed E-state index contributed by atoms with van der Waals surface area (Å²) >= 11 is 0. The molecule has 20 heavy (non-hydrogen) atoms. The van der Waals surface area contributed by atoms with E-state index in [1.165, 1.54) is 62.5 Å². The summed E-state index contributed by atoms with van der Waals surface area (Å²) in [4.78, 5) is 0. The molecule has 4 N–H and O–H groups in total. The van der Waals surface area contributed by atoms with Gasteiger partial charge in [0, 0.05) is 12.1 Å². The molecule has 2 aliphatic rings. The zero-order valence-electron chi connectivity index (χ0n) is 12.4. The van der Waals surface area contributed by atoms with Crippen LogP contribution in [0.5, 0.6) is 0 Å². The molecule has 2 aliphatic carbocycles. The standard InChI is InChI=1S/C18H28N2/c19-17-7-3-1-5-15(17)13-9-11-14(12-10-13)16-6-2-4-8-18(16)20/h9-12,15-18H,1-8,19-20H2. The minimum absolute atomic E-state index is 0.353. The SMILES string of the molecule is NC1CCCCC1c1ccc(C2CCCCC2N)cc1. The summed E-state index contributed by atoms with van der Waals surface area (Å²) in [5.74, 6) is 1.13. The van der Waals surface area contributed by atoms with Gasteiger partial charge in [0.1, 0.15) is 0 Å².